The molecule has 0 radical (unpaired) electrons. The lowest BCUT2D eigenvalue weighted by Crippen LogP contribution is -2.26. The van der Waals surface area contributed by atoms with Gasteiger partial charge in [-0.1, -0.05) is 12.1 Å². The molecule has 0 fully saturated rings. The maximum Gasteiger partial charge on any atom is 0.251 e. The Balaban J connectivity index is 1.76. The second-order valence-electron chi connectivity index (χ2n) is 5.53. The molecular weight excluding hydrogens is 290 g/mol. The standard InChI is InChI=1S/C18H19N3O2/c1-12(13-4-7-15(23-3)8-5-13)20-18(22)14-6-9-17-16(10-14)19-11-21(17)2/h4-12H,1-3H3,(H,20,22)/t12-/m0/s1. The van der Waals surface area contributed by atoms with Gasteiger partial charge in [0.05, 0.1) is 30.5 Å². The summed E-state index contributed by atoms with van der Waals surface area (Å²) in [5.41, 5.74) is 3.46. The summed E-state index contributed by atoms with van der Waals surface area (Å²) in [5, 5.41) is 3.01. The maximum absolute atomic E-state index is 12.4. The lowest BCUT2D eigenvalue weighted by molar-refractivity contribution is 0.0940. The van der Waals surface area contributed by atoms with Crippen LogP contribution in [0.5, 0.6) is 5.75 Å². The van der Waals surface area contributed by atoms with E-state index in [2.05, 4.69) is 10.3 Å². The zero-order valence-electron chi connectivity index (χ0n) is 13.4. The topological polar surface area (TPSA) is 56.1 Å². The number of nitrogens with zero attached hydrogens (tertiary/aromatic N) is 2. The minimum Gasteiger partial charge on any atom is -0.497 e. The Labute approximate surface area is 134 Å². The number of fused-ring (bicyclic) bond motifs is 1. The number of aromatic nitrogens is 2. The molecule has 1 atom stereocenters. The molecule has 5 heteroatoms. The van der Waals surface area contributed by atoms with Crippen LogP contribution in [0, 0.1) is 0 Å². The average Bonchev–Trinajstić information content (AvgIpc) is 2.95. The first-order valence-corrected chi connectivity index (χ1v) is 7.44. The summed E-state index contributed by atoms with van der Waals surface area (Å²) in [4.78, 5) is 16.7. The molecule has 23 heavy (non-hydrogen) atoms. The Hall–Kier alpha value is -2.82. The number of hydrogen-bond acceptors (Lipinski definition) is 3. The van der Waals surface area contributed by atoms with Gasteiger partial charge in [0.25, 0.3) is 5.91 Å². The number of carbonyl (C=O) groups is 1. The molecule has 1 N–H and O–H groups in total. The normalized spacial score (nSPS) is 12.1. The number of imidazole rings is 1. The molecule has 118 valence electrons. The molecule has 3 aromatic rings. The van der Waals surface area contributed by atoms with Crippen molar-refractivity contribution in [2.24, 2.45) is 7.05 Å². The summed E-state index contributed by atoms with van der Waals surface area (Å²) >= 11 is 0. The number of amides is 1. The van der Waals surface area contributed by atoms with Crippen molar-refractivity contribution in [1.29, 1.82) is 0 Å². The van der Waals surface area contributed by atoms with Gasteiger partial charge < -0.3 is 14.6 Å². The number of rotatable bonds is 4. The van der Waals surface area contributed by atoms with Crippen LogP contribution in [0.1, 0.15) is 28.9 Å². The van der Waals surface area contributed by atoms with Crippen molar-refractivity contribution in [2.75, 3.05) is 7.11 Å². The minimum absolute atomic E-state index is 0.0900. The molecular formula is C18H19N3O2. The van der Waals surface area contributed by atoms with Crippen molar-refractivity contribution in [3.05, 3.63) is 59.9 Å². The first-order valence-electron chi connectivity index (χ1n) is 7.44. The van der Waals surface area contributed by atoms with E-state index >= 15 is 0 Å². The van der Waals surface area contributed by atoms with Gasteiger partial charge in [0.2, 0.25) is 0 Å². The number of benzene rings is 2. The highest BCUT2D eigenvalue weighted by Crippen LogP contribution is 2.19. The van der Waals surface area contributed by atoms with E-state index in [-0.39, 0.29) is 11.9 Å². The van der Waals surface area contributed by atoms with Gasteiger partial charge in [-0.2, -0.15) is 0 Å². The maximum atomic E-state index is 12.4. The molecule has 2 aromatic carbocycles. The summed E-state index contributed by atoms with van der Waals surface area (Å²) < 4.78 is 7.07. The molecule has 0 saturated heterocycles. The highest BCUT2D eigenvalue weighted by atomic mass is 16.5. The van der Waals surface area contributed by atoms with Crippen molar-refractivity contribution in [3.8, 4) is 5.75 Å². The zero-order valence-corrected chi connectivity index (χ0v) is 13.4. The van der Waals surface area contributed by atoms with E-state index in [9.17, 15) is 4.79 Å². The minimum atomic E-state index is -0.110. The average molecular weight is 309 g/mol. The first kappa shape index (κ1) is 15.1. The largest absolute Gasteiger partial charge is 0.497 e. The van der Waals surface area contributed by atoms with Crippen LogP contribution in [0.2, 0.25) is 0 Å². The third kappa shape index (κ3) is 3.04. The van der Waals surface area contributed by atoms with Crippen LogP contribution in [0.25, 0.3) is 11.0 Å². The smallest absolute Gasteiger partial charge is 0.251 e. The first-order chi connectivity index (χ1) is 11.1. The zero-order chi connectivity index (χ0) is 16.4. The Morgan fingerprint density at radius 1 is 1.22 bits per heavy atom. The van der Waals surface area contributed by atoms with E-state index in [1.807, 2.05) is 61.0 Å². The van der Waals surface area contributed by atoms with Crippen LogP contribution in [0.3, 0.4) is 0 Å². The molecule has 0 aliphatic rings. The van der Waals surface area contributed by atoms with E-state index in [0.717, 1.165) is 22.3 Å². The molecule has 0 aliphatic heterocycles. The van der Waals surface area contributed by atoms with Gasteiger partial charge in [0.15, 0.2) is 0 Å². The molecule has 0 saturated carbocycles. The molecule has 1 amide bonds. The van der Waals surface area contributed by atoms with E-state index in [1.54, 1.807) is 13.4 Å². The number of nitrogens with one attached hydrogen (secondary N) is 1. The van der Waals surface area contributed by atoms with Crippen molar-refractivity contribution in [3.63, 3.8) is 0 Å². The van der Waals surface area contributed by atoms with Crippen molar-refractivity contribution in [2.45, 2.75) is 13.0 Å². The Kier molecular flexibility index (Phi) is 4.02. The van der Waals surface area contributed by atoms with Gasteiger partial charge in [-0.05, 0) is 42.8 Å². The lowest BCUT2D eigenvalue weighted by atomic mass is 10.1. The predicted molar refractivity (Wildman–Crippen MR) is 89.6 cm³/mol. The lowest BCUT2D eigenvalue weighted by Gasteiger charge is -2.15. The number of ether oxygens (including phenoxy) is 1. The van der Waals surface area contributed by atoms with E-state index in [1.165, 1.54) is 0 Å². The molecule has 1 aromatic heterocycles. The molecule has 5 nitrogen and oxygen atoms in total. The number of carbonyl (C=O) groups excluding carboxylic acids is 1. The van der Waals surface area contributed by atoms with Crippen LogP contribution in [0.4, 0.5) is 0 Å². The second kappa shape index (κ2) is 6.12. The number of aryl methyl sites for hydroxylation is 1. The highest BCUT2D eigenvalue weighted by molar-refractivity contribution is 5.97. The third-order valence-corrected chi connectivity index (χ3v) is 3.95. The second-order valence-corrected chi connectivity index (χ2v) is 5.53. The van der Waals surface area contributed by atoms with E-state index < -0.39 is 0 Å². The Morgan fingerprint density at radius 3 is 2.65 bits per heavy atom. The predicted octanol–water partition coefficient (Wildman–Crippen LogP) is 3.07. The molecule has 0 unspecified atom stereocenters. The van der Waals surface area contributed by atoms with Gasteiger partial charge in [0, 0.05) is 12.6 Å². The molecule has 0 bridgehead atoms. The fraction of sp³-hybridized carbons (Fsp3) is 0.222. The van der Waals surface area contributed by atoms with E-state index in [0.29, 0.717) is 5.56 Å². The van der Waals surface area contributed by atoms with Crippen molar-refractivity contribution >= 4 is 16.9 Å². The summed E-state index contributed by atoms with van der Waals surface area (Å²) in [6.07, 6.45) is 1.74. The molecule has 3 rings (SSSR count). The SMILES string of the molecule is COc1ccc([C@H](C)NC(=O)c2ccc3c(c2)ncn3C)cc1. The molecule has 0 aliphatic carbocycles. The number of hydrogen-bond donors (Lipinski definition) is 1. The fourth-order valence-corrected chi connectivity index (χ4v) is 2.53. The fourth-order valence-electron chi connectivity index (χ4n) is 2.53. The van der Waals surface area contributed by atoms with Crippen LogP contribution >= 0.6 is 0 Å². The molecule has 1 heterocycles. The Morgan fingerprint density at radius 2 is 1.96 bits per heavy atom. The van der Waals surface area contributed by atoms with Crippen LogP contribution in [-0.2, 0) is 7.05 Å². The van der Waals surface area contributed by atoms with Gasteiger partial charge in [0.1, 0.15) is 5.75 Å². The summed E-state index contributed by atoms with van der Waals surface area (Å²) in [6.45, 7) is 1.96. The Bertz CT molecular complexity index is 837. The van der Waals surface area contributed by atoms with Gasteiger partial charge in [-0.25, -0.2) is 4.98 Å². The van der Waals surface area contributed by atoms with E-state index in [4.69, 9.17) is 4.74 Å². The summed E-state index contributed by atoms with van der Waals surface area (Å²) in [5.74, 6) is 0.689. The van der Waals surface area contributed by atoms with Gasteiger partial charge in [-0.3, -0.25) is 4.79 Å². The monoisotopic (exact) mass is 309 g/mol. The highest BCUT2D eigenvalue weighted by Gasteiger charge is 2.13. The number of methoxy groups -OCH3 is 1. The van der Waals surface area contributed by atoms with Crippen LogP contribution < -0.4 is 10.1 Å². The van der Waals surface area contributed by atoms with Crippen LogP contribution in [0.15, 0.2) is 48.8 Å². The molecule has 0 spiro atoms. The van der Waals surface area contributed by atoms with Gasteiger partial charge >= 0.3 is 0 Å². The van der Waals surface area contributed by atoms with Crippen molar-refractivity contribution < 1.29 is 9.53 Å². The summed E-state index contributed by atoms with van der Waals surface area (Å²) in [7, 11) is 3.56. The third-order valence-electron chi connectivity index (χ3n) is 3.95. The quantitative estimate of drug-likeness (QED) is 0.806. The van der Waals surface area contributed by atoms with Gasteiger partial charge in [-0.15, -0.1) is 0 Å². The summed E-state index contributed by atoms with van der Waals surface area (Å²) in [6, 6.07) is 13.1. The van der Waals surface area contributed by atoms with Crippen molar-refractivity contribution in [1.82, 2.24) is 14.9 Å². The van der Waals surface area contributed by atoms with Crippen LogP contribution in [-0.4, -0.2) is 22.6 Å².